The van der Waals surface area contributed by atoms with Gasteiger partial charge in [0.1, 0.15) is 0 Å². The monoisotopic (exact) mass is 445 g/mol. The van der Waals surface area contributed by atoms with E-state index in [1.165, 1.54) is 12.1 Å². The van der Waals surface area contributed by atoms with Crippen LogP contribution in [0.3, 0.4) is 0 Å². The third kappa shape index (κ3) is 5.20. The van der Waals surface area contributed by atoms with Crippen LogP contribution in [0.25, 0.3) is 0 Å². The van der Waals surface area contributed by atoms with Crippen LogP contribution in [0.1, 0.15) is 20.7 Å². The maximum absolute atomic E-state index is 12.6. The zero-order chi connectivity index (χ0) is 19.2. The second kappa shape index (κ2) is 8.87. The van der Waals surface area contributed by atoms with Crippen LogP contribution in [0.2, 0.25) is 10.3 Å². The van der Waals surface area contributed by atoms with Crippen molar-refractivity contribution in [2.75, 3.05) is 5.32 Å². The Labute approximate surface area is 168 Å². The van der Waals surface area contributed by atoms with E-state index in [2.05, 4.69) is 5.32 Å². The van der Waals surface area contributed by atoms with Gasteiger partial charge in [0, 0.05) is 0 Å². The second-order valence-electron chi connectivity index (χ2n) is 5.72. The number of ketones is 1. The summed E-state index contributed by atoms with van der Waals surface area (Å²) in [5.74, 6) is -0.101. The number of aromatic hydroxyl groups is 1. The molecule has 0 spiro atoms. The number of hydrogen-bond donors (Lipinski definition) is 2. The minimum atomic E-state index is -0.216. The molecule has 0 aromatic heterocycles. The molecule has 0 atom stereocenters. The molecule has 4 nitrogen and oxygen atoms in total. The van der Waals surface area contributed by atoms with Gasteiger partial charge in [-0.1, -0.05) is 0 Å². The molecule has 6 heteroatoms. The number of halogens is 1. The first kappa shape index (κ1) is 19.2. The number of Topliss-reactive ketones (excluding diaryl/α,β-unsaturated/α-hetero) is 1. The summed E-state index contributed by atoms with van der Waals surface area (Å²) in [6.45, 7) is 0. The molecular formula is C21H16ClNO3Se. The predicted octanol–water partition coefficient (Wildman–Crippen LogP) is 3.93. The van der Waals surface area contributed by atoms with Gasteiger partial charge in [0.15, 0.2) is 0 Å². The van der Waals surface area contributed by atoms with Crippen molar-refractivity contribution in [2.24, 2.45) is 0 Å². The molecule has 27 heavy (non-hydrogen) atoms. The number of phenolic OH excluding ortho intramolecular Hbond substituents is 1. The van der Waals surface area contributed by atoms with Gasteiger partial charge in [0.05, 0.1) is 0 Å². The maximum atomic E-state index is 12.6. The summed E-state index contributed by atoms with van der Waals surface area (Å²) in [5, 5.41) is 13.1. The third-order valence-electron chi connectivity index (χ3n) is 3.78. The van der Waals surface area contributed by atoms with Crippen molar-refractivity contribution in [3.05, 3.63) is 88.9 Å². The first-order valence-electron chi connectivity index (χ1n) is 8.14. The third-order valence-corrected chi connectivity index (χ3v) is 6.29. The molecule has 0 fully saturated rings. The molecule has 2 N–H and O–H groups in total. The molecule has 136 valence electrons. The van der Waals surface area contributed by atoms with Crippen molar-refractivity contribution in [1.82, 2.24) is 0 Å². The SMILES string of the molecule is O=C(C[Se]c1ccccc1C(=O)Nc1ccc(Cl)cc1)c1ccc(O)cc1. The molecule has 1 amide bonds. The number of benzene rings is 3. The van der Waals surface area contributed by atoms with E-state index in [9.17, 15) is 14.7 Å². The number of carbonyl (C=O) groups excluding carboxylic acids is 2. The first-order valence-corrected chi connectivity index (χ1v) is 10.6. The topological polar surface area (TPSA) is 66.4 Å². The average Bonchev–Trinajstić information content (AvgIpc) is 2.68. The molecule has 0 aliphatic heterocycles. The first-order chi connectivity index (χ1) is 13.0. The Morgan fingerprint density at radius 1 is 0.926 bits per heavy atom. The average molecular weight is 445 g/mol. The molecule has 3 rings (SSSR count). The van der Waals surface area contributed by atoms with Gasteiger partial charge in [0.2, 0.25) is 0 Å². The molecule has 0 radical (unpaired) electrons. The van der Waals surface area contributed by atoms with Crippen molar-refractivity contribution >= 4 is 48.4 Å². The molecule has 0 bridgehead atoms. The second-order valence-corrected chi connectivity index (χ2v) is 8.29. The molecule has 0 aliphatic rings. The van der Waals surface area contributed by atoms with Gasteiger partial charge in [0.25, 0.3) is 0 Å². The number of hydrogen-bond acceptors (Lipinski definition) is 3. The summed E-state index contributed by atoms with van der Waals surface area (Å²) in [6, 6.07) is 20.4. The Morgan fingerprint density at radius 3 is 2.30 bits per heavy atom. The molecule has 3 aromatic carbocycles. The van der Waals surface area contributed by atoms with E-state index in [4.69, 9.17) is 11.6 Å². The molecule has 0 saturated heterocycles. The summed E-state index contributed by atoms with van der Waals surface area (Å²) in [6.07, 6.45) is 0. The Balaban J connectivity index is 1.69. The van der Waals surface area contributed by atoms with Crippen LogP contribution in [-0.2, 0) is 0 Å². The van der Waals surface area contributed by atoms with Gasteiger partial charge in [-0.15, -0.1) is 0 Å². The minimum absolute atomic E-state index is 0.0112. The van der Waals surface area contributed by atoms with Crippen molar-refractivity contribution in [3.63, 3.8) is 0 Å². The van der Waals surface area contributed by atoms with Gasteiger partial charge in [-0.25, -0.2) is 0 Å². The van der Waals surface area contributed by atoms with Gasteiger partial charge >= 0.3 is 168 Å². The Bertz CT molecular complexity index is 956. The van der Waals surface area contributed by atoms with Crippen molar-refractivity contribution in [3.8, 4) is 5.75 Å². The number of carbonyl (C=O) groups is 2. The van der Waals surface area contributed by atoms with E-state index in [0.717, 1.165) is 4.46 Å². The van der Waals surface area contributed by atoms with Crippen LogP contribution in [0, 0.1) is 0 Å². The Morgan fingerprint density at radius 2 is 1.59 bits per heavy atom. The quantitative estimate of drug-likeness (QED) is 0.447. The summed E-state index contributed by atoms with van der Waals surface area (Å²) in [7, 11) is 0. The van der Waals surface area contributed by atoms with E-state index >= 15 is 0 Å². The van der Waals surface area contributed by atoms with Crippen molar-refractivity contribution < 1.29 is 14.7 Å². The van der Waals surface area contributed by atoms with E-state index < -0.39 is 0 Å². The zero-order valence-corrected chi connectivity index (χ0v) is 16.7. The normalized spacial score (nSPS) is 10.4. The van der Waals surface area contributed by atoms with Crippen LogP contribution in [0.4, 0.5) is 5.69 Å². The molecule has 3 aromatic rings. The fourth-order valence-electron chi connectivity index (χ4n) is 2.39. The Hall–Kier alpha value is -2.59. The van der Waals surface area contributed by atoms with Crippen LogP contribution < -0.4 is 9.78 Å². The molecule has 0 aliphatic carbocycles. The number of phenols is 1. The zero-order valence-electron chi connectivity index (χ0n) is 14.2. The van der Waals surface area contributed by atoms with Crippen LogP contribution in [-0.4, -0.2) is 31.8 Å². The summed E-state index contributed by atoms with van der Waals surface area (Å²) < 4.78 is 0.864. The summed E-state index contributed by atoms with van der Waals surface area (Å²) in [5.41, 5.74) is 1.77. The molecular weight excluding hydrogens is 429 g/mol. The number of nitrogens with one attached hydrogen (secondary N) is 1. The predicted molar refractivity (Wildman–Crippen MR) is 108 cm³/mol. The van der Waals surface area contributed by atoms with Gasteiger partial charge < -0.3 is 0 Å². The van der Waals surface area contributed by atoms with Gasteiger partial charge in [-0.05, 0) is 0 Å². The fourth-order valence-corrected chi connectivity index (χ4v) is 4.49. The number of anilines is 1. The van der Waals surface area contributed by atoms with Crippen molar-refractivity contribution in [1.29, 1.82) is 0 Å². The molecule has 0 unspecified atom stereocenters. The van der Waals surface area contributed by atoms with Crippen LogP contribution in [0.15, 0.2) is 72.8 Å². The van der Waals surface area contributed by atoms with E-state index in [-0.39, 0.29) is 32.4 Å². The standard InChI is InChI=1S/C21H16ClNO3Se/c22-15-7-9-16(10-8-15)23-21(26)18-3-1-2-4-20(18)27-13-19(25)14-5-11-17(24)12-6-14/h1-12,24H,13H2,(H,23,26). The molecule has 0 saturated carbocycles. The fraction of sp³-hybridized carbons (Fsp3) is 0.0476. The molecule has 0 heterocycles. The van der Waals surface area contributed by atoms with Gasteiger partial charge in [-0.2, -0.15) is 0 Å². The van der Waals surface area contributed by atoms with Crippen LogP contribution >= 0.6 is 11.6 Å². The Kier molecular flexibility index (Phi) is 6.30. The summed E-state index contributed by atoms with van der Waals surface area (Å²) >= 11 is 5.67. The van der Waals surface area contributed by atoms with E-state index in [0.29, 0.717) is 27.2 Å². The van der Waals surface area contributed by atoms with E-state index in [1.54, 1.807) is 48.5 Å². The number of amides is 1. The van der Waals surface area contributed by atoms with Crippen molar-refractivity contribution in [2.45, 2.75) is 5.32 Å². The number of rotatable bonds is 6. The van der Waals surface area contributed by atoms with E-state index in [1.807, 2.05) is 12.1 Å². The van der Waals surface area contributed by atoms with Gasteiger partial charge in [-0.3, -0.25) is 0 Å². The van der Waals surface area contributed by atoms with Crippen LogP contribution in [0.5, 0.6) is 5.75 Å². The summed E-state index contributed by atoms with van der Waals surface area (Å²) in [4.78, 5) is 25.0.